The number of hydrogen-bond donors (Lipinski definition) is 2. The number of carbonyl (C=O) groups is 1. The van der Waals surface area contributed by atoms with E-state index in [4.69, 9.17) is 23.2 Å². The maximum absolute atomic E-state index is 11.4. The van der Waals surface area contributed by atoms with Crippen LogP contribution in [-0.4, -0.2) is 35.3 Å². The Labute approximate surface area is 115 Å². The minimum absolute atomic E-state index is 0.147. The maximum Gasteiger partial charge on any atom is 0.339 e. The average Bonchev–Trinajstić information content (AvgIpc) is 2.38. The highest BCUT2D eigenvalue weighted by atomic mass is 35.5. The zero-order chi connectivity index (χ0) is 13.7. The molecule has 1 rings (SSSR count). The number of esters is 1. The Bertz CT molecular complexity index is 423. The van der Waals surface area contributed by atoms with E-state index < -0.39 is 18.2 Å². The monoisotopic (exact) mass is 292 g/mol. The summed E-state index contributed by atoms with van der Waals surface area (Å²) in [5, 5.41) is 19.8. The fourth-order valence-electron chi connectivity index (χ4n) is 1.49. The van der Waals surface area contributed by atoms with Crippen LogP contribution >= 0.6 is 23.2 Å². The van der Waals surface area contributed by atoms with Crippen molar-refractivity contribution in [3.8, 4) is 0 Å². The van der Waals surface area contributed by atoms with Crippen LogP contribution < -0.4 is 0 Å². The summed E-state index contributed by atoms with van der Waals surface area (Å²) in [6, 6.07) is 4.41. The standard InChI is InChI=1S/C12H14Cl2O4/c1-18-12(17)8-6-7(2-3-9(8)14)11(16)10(15)4-5-13/h2-3,6,10-11,15-16H,4-5H2,1H3. The van der Waals surface area contributed by atoms with Crippen molar-refractivity contribution >= 4 is 29.2 Å². The quantitative estimate of drug-likeness (QED) is 0.645. The molecule has 0 spiro atoms. The Kier molecular flexibility index (Phi) is 5.88. The van der Waals surface area contributed by atoms with E-state index in [9.17, 15) is 15.0 Å². The Morgan fingerprint density at radius 1 is 1.44 bits per heavy atom. The lowest BCUT2D eigenvalue weighted by Gasteiger charge is -2.18. The van der Waals surface area contributed by atoms with Gasteiger partial charge in [0.05, 0.1) is 23.8 Å². The van der Waals surface area contributed by atoms with Crippen LogP contribution in [0.4, 0.5) is 0 Å². The SMILES string of the molecule is COC(=O)c1cc(C(O)C(O)CCCl)ccc1Cl. The summed E-state index contributed by atoms with van der Waals surface area (Å²) in [4.78, 5) is 11.4. The number of aliphatic hydroxyl groups excluding tert-OH is 2. The van der Waals surface area contributed by atoms with Crippen LogP contribution in [0.25, 0.3) is 0 Å². The van der Waals surface area contributed by atoms with E-state index in [1.54, 1.807) is 0 Å². The van der Waals surface area contributed by atoms with E-state index in [2.05, 4.69) is 4.74 Å². The molecule has 2 unspecified atom stereocenters. The van der Waals surface area contributed by atoms with Gasteiger partial charge in [-0.3, -0.25) is 0 Å². The number of hydrogen-bond acceptors (Lipinski definition) is 4. The second-order valence-corrected chi connectivity index (χ2v) is 4.51. The first-order valence-electron chi connectivity index (χ1n) is 5.31. The van der Waals surface area contributed by atoms with Gasteiger partial charge in [-0.05, 0) is 24.1 Å². The van der Waals surface area contributed by atoms with Crippen LogP contribution in [-0.2, 0) is 4.74 Å². The predicted octanol–water partition coefficient (Wildman–Crippen LogP) is 2.15. The lowest BCUT2D eigenvalue weighted by molar-refractivity contribution is 0.0169. The summed E-state index contributed by atoms with van der Waals surface area (Å²) < 4.78 is 4.57. The molecule has 100 valence electrons. The molecule has 0 heterocycles. The van der Waals surface area contributed by atoms with E-state index in [1.165, 1.54) is 25.3 Å². The zero-order valence-electron chi connectivity index (χ0n) is 9.77. The maximum atomic E-state index is 11.4. The van der Waals surface area contributed by atoms with Gasteiger partial charge in [-0.1, -0.05) is 17.7 Å². The van der Waals surface area contributed by atoms with Crippen LogP contribution in [0.1, 0.15) is 28.4 Å². The molecule has 0 aliphatic rings. The number of alkyl halides is 1. The highest BCUT2D eigenvalue weighted by Gasteiger charge is 2.20. The fraction of sp³-hybridized carbons (Fsp3) is 0.417. The first-order chi connectivity index (χ1) is 8.51. The van der Waals surface area contributed by atoms with Crippen LogP contribution in [0, 0.1) is 0 Å². The van der Waals surface area contributed by atoms with Crippen molar-refractivity contribution in [3.05, 3.63) is 34.3 Å². The summed E-state index contributed by atoms with van der Waals surface area (Å²) in [5.74, 6) is -0.365. The normalized spacial score (nSPS) is 14.1. The lowest BCUT2D eigenvalue weighted by Crippen LogP contribution is -2.19. The van der Waals surface area contributed by atoms with Crippen LogP contribution in [0.2, 0.25) is 5.02 Å². The van der Waals surface area contributed by atoms with Gasteiger partial charge in [0.1, 0.15) is 6.10 Å². The third kappa shape index (κ3) is 3.59. The van der Waals surface area contributed by atoms with Gasteiger partial charge in [-0.15, -0.1) is 11.6 Å². The van der Waals surface area contributed by atoms with E-state index in [-0.39, 0.29) is 22.9 Å². The molecule has 2 N–H and O–H groups in total. The van der Waals surface area contributed by atoms with Crippen molar-refractivity contribution in [3.63, 3.8) is 0 Å². The Hall–Kier alpha value is -0.810. The molecular weight excluding hydrogens is 279 g/mol. The topological polar surface area (TPSA) is 66.8 Å². The first-order valence-corrected chi connectivity index (χ1v) is 6.22. The zero-order valence-corrected chi connectivity index (χ0v) is 11.3. The molecule has 0 fully saturated rings. The third-order valence-electron chi connectivity index (χ3n) is 2.51. The average molecular weight is 293 g/mol. The molecule has 0 bridgehead atoms. The minimum atomic E-state index is -1.12. The Balaban J connectivity index is 3.00. The van der Waals surface area contributed by atoms with Gasteiger partial charge in [-0.25, -0.2) is 4.79 Å². The lowest BCUT2D eigenvalue weighted by atomic mass is 10.0. The molecule has 0 radical (unpaired) electrons. The molecule has 18 heavy (non-hydrogen) atoms. The summed E-state index contributed by atoms with van der Waals surface area (Å²) in [6.07, 6.45) is -1.86. The summed E-state index contributed by atoms with van der Waals surface area (Å²) in [7, 11) is 1.24. The molecule has 4 nitrogen and oxygen atoms in total. The van der Waals surface area contributed by atoms with Crippen molar-refractivity contribution in [2.75, 3.05) is 13.0 Å². The Morgan fingerprint density at radius 2 is 2.11 bits per heavy atom. The van der Waals surface area contributed by atoms with Gasteiger partial charge in [0.2, 0.25) is 0 Å². The van der Waals surface area contributed by atoms with Gasteiger partial charge in [-0.2, -0.15) is 0 Å². The van der Waals surface area contributed by atoms with E-state index in [0.29, 0.717) is 5.56 Å². The molecule has 0 saturated carbocycles. The summed E-state index contributed by atoms with van der Waals surface area (Å²) in [6.45, 7) is 0. The van der Waals surface area contributed by atoms with E-state index in [0.717, 1.165) is 0 Å². The minimum Gasteiger partial charge on any atom is -0.465 e. The summed E-state index contributed by atoms with van der Waals surface area (Å²) >= 11 is 11.3. The second kappa shape index (κ2) is 6.95. The Morgan fingerprint density at radius 3 is 2.67 bits per heavy atom. The second-order valence-electron chi connectivity index (χ2n) is 3.72. The molecule has 2 atom stereocenters. The molecule has 0 aliphatic heterocycles. The van der Waals surface area contributed by atoms with Crippen molar-refractivity contribution < 1.29 is 19.7 Å². The number of halogens is 2. The van der Waals surface area contributed by atoms with Crippen molar-refractivity contribution in [1.29, 1.82) is 0 Å². The molecule has 0 aliphatic carbocycles. The molecule has 1 aromatic carbocycles. The molecule has 1 aromatic rings. The molecule has 6 heteroatoms. The van der Waals surface area contributed by atoms with Crippen LogP contribution in [0.5, 0.6) is 0 Å². The highest BCUT2D eigenvalue weighted by molar-refractivity contribution is 6.33. The number of benzene rings is 1. The van der Waals surface area contributed by atoms with Gasteiger partial charge >= 0.3 is 5.97 Å². The largest absolute Gasteiger partial charge is 0.465 e. The van der Waals surface area contributed by atoms with Gasteiger partial charge in [0, 0.05) is 5.88 Å². The number of aliphatic hydroxyl groups is 2. The van der Waals surface area contributed by atoms with Gasteiger partial charge in [0.25, 0.3) is 0 Å². The highest BCUT2D eigenvalue weighted by Crippen LogP contribution is 2.25. The number of carbonyl (C=O) groups excluding carboxylic acids is 1. The summed E-state index contributed by atoms with van der Waals surface area (Å²) in [5.41, 5.74) is 0.534. The fourth-order valence-corrected chi connectivity index (χ4v) is 1.90. The van der Waals surface area contributed by atoms with Crippen molar-refractivity contribution in [1.82, 2.24) is 0 Å². The predicted molar refractivity (Wildman–Crippen MR) is 69.1 cm³/mol. The van der Waals surface area contributed by atoms with Crippen LogP contribution in [0.15, 0.2) is 18.2 Å². The smallest absolute Gasteiger partial charge is 0.339 e. The van der Waals surface area contributed by atoms with Crippen LogP contribution in [0.3, 0.4) is 0 Å². The molecule has 0 amide bonds. The van der Waals surface area contributed by atoms with Gasteiger partial charge in [0.15, 0.2) is 0 Å². The van der Waals surface area contributed by atoms with Crippen molar-refractivity contribution in [2.24, 2.45) is 0 Å². The first kappa shape index (κ1) is 15.2. The third-order valence-corrected chi connectivity index (χ3v) is 3.05. The molecule has 0 aromatic heterocycles. The van der Waals surface area contributed by atoms with Gasteiger partial charge < -0.3 is 14.9 Å². The number of methoxy groups -OCH3 is 1. The van der Waals surface area contributed by atoms with E-state index in [1.807, 2.05) is 0 Å². The number of rotatable bonds is 5. The van der Waals surface area contributed by atoms with E-state index >= 15 is 0 Å². The number of ether oxygens (including phenoxy) is 1. The van der Waals surface area contributed by atoms with Crippen molar-refractivity contribution in [2.45, 2.75) is 18.6 Å². The molecular formula is C12H14Cl2O4. The molecule has 0 saturated heterocycles.